The van der Waals surface area contributed by atoms with E-state index in [0.29, 0.717) is 0 Å². The van der Waals surface area contributed by atoms with Crippen LogP contribution in [-0.4, -0.2) is 35.7 Å². The quantitative estimate of drug-likeness (QED) is 0.590. The van der Waals surface area contributed by atoms with E-state index >= 15 is 0 Å². The maximum Gasteiger partial charge on any atom is 0.272 e. The summed E-state index contributed by atoms with van der Waals surface area (Å²) in [7, 11) is 0. The number of hydrogen-bond donors (Lipinski definition) is 1. The van der Waals surface area contributed by atoms with E-state index < -0.39 is 36.0 Å². The Bertz CT molecular complexity index is 356. The lowest BCUT2D eigenvalue weighted by molar-refractivity contribution is -0.526. The van der Waals surface area contributed by atoms with Gasteiger partial charge in [0.25, 0.3) is 6.43 Å². The first kappa shape index (κ1) is 13.6. The van der Waals surface area contributed by atoms with Gasteiger partial charge in [-0.25, -0.2) is 8.78 Å². The van der Waals surface area contributed by atoms with Crippen molar-refractivity contribution >= 4 is 0 Å². The molecule has 96 valence electrons. The van der Waals surface area contributed by atoms with Crippen LogP contribution in [0.3, 0.4) is 0 Å². The van der Waals surface area contributed by atoms with Crippen molar-refractivity contribution in [2.75, 3.05) is 13.2 Å². The molecule has 2 unspecified atom stereocenters. The van der Waals surface area contributed by atoms with Crippen molar-refractivity contribution in [3.05, 3.63) is 34.1 Å². The second kappa shape index (κ2) is 5.22. The van der Waals surface area contributed by atoms with Crippen LogP contribution in [0.5, 0.6) is 0 Å². The Hall–Kier alpha value is -1.50. The largest absolute Gasteiger partial charge is 0.488 e. The van der Waals surface area contributed by atoms with Gasteiger partial charge in [0.2, 0.25) is 6.04 Å². The number of halogens is 2. The minimum Gasteiger partial charge on any atom is -0.488 e. The summed E-state index contributed by atoms with van der Waals surface area (Å²) in [4.78, 5) is 10.2. The molecular formula is C10H13F2NO4. The van der Waals surface area contributed by atoms with Crippen molar-refractivity contribution in [3.63, 3.8) is 0 Å². The normalized spacial score (nSPS) is 28.1. The zero-order valence-electron chi connectivity index (χ0n) is 9.18. The van der Waals surface area contributed by atoms with Crippen LogP contribution in [0, 0.1) is 15.5 Å². The molecule has 0 radical (unpaired) electrons. The van der Waals surface area contributed by atoms with Gasteiger partial charge in [-0.3, -0.25) is 10.1 Å². The monoisotopic (exact) mass is 249 g/mol. The summed E-state index contributed by atoms with van der Waals surface area (Å²) < 4.78 is 28.5. The number of aliphatic hydroxyl groups excluding tert-OH is 1. The molecule has 0 saturated carbocycles. The minimum absolute atomic E-state index is 0.0259. The minimum atomic E-state index is -2.63. The summed E-state index contributed by atoms with van der Waals surface area (Å²) in [6.07, 6.45) is 1.27. The lowest BCUT2D eigenvalue weighted by atomic mass is 9.80. The van der Waals surface area contributed by atoms with Crippen molar-refractivity contribution in [3.8, 4) is 0 Å². The fourth-order valence-electron chi connectivity index (χ4n) is 1.48. The van der Waals surface area contributed by atoms with Crippen LogP contribution in [-0.2, 0) is 4.74 Å². The summed E-state index contributed by atoms with van der Waals surface area (Å²) in [6.45, 7) is 0.293. The van der Waals surface area contributed by atoms with Crippen LogP contribution in [0.25, 0.3) is 0 Å². The third-order valence-electron chi connectivity index (χ3n) is 2.57. The molecule has 0 bridgehead atoms. The van der Waals surface area contributed by atoms with E-state index in [9.17, 15) is 18.9 Å². The Kier molecular flexibility index (Phi) is 4.17. The van der Waals surface area contributed by atoms with Gasteiger partial charge < -0.3 is 9.84 Å². The molecule has 0 heterocycles. The Labute approximate surface area is 96.5 Å². The summed E-state index contributed by atoms with van der Waals surface area (Å²) in [5, 5.41) is 20.0. The molecule has 1 aliphatic carbocycles. The molecule has 0 aromatic heterocycles. The highest BCUT2D eigenvalue weighted by Crippen LogP contribution is 2.31. The molecule has 0 spiro atoms. The van der Waals surface area contributed by atoms with Crippen LogP contribution < -0.4 is 0 Å². The number of hydrogen-bond acceptors (Lipinski definition) is 4. The maximum absolute atomic E-state index is 11.9. The number of ether oxygens (including phenoxy) is 1. The van der Waals surface area contributed by atoms with Crippen molar-refractivity contribution in [2.24, 2.45) is 5.41 Å². The van der Waals surface area contributed by atoms with Gasteiger partial charge in [0, 0.05) is 11.0 Å². The van der Waals surface area contributed by atoms with Gasteiger partial charge in [-0.15, -0.1) is 0 Å². The molecule has 0 aromatic rings. The first-order chi connectivity index (χ1) is 7.89. The summed E-state index contributed by atoms with van der Waals surface area (Å²) in [5.74, 6) is 0.0259. The molecule has 7 heteroatoms. The number of aliphatic hydroxyl groups is 1. The maximum atomic E-state index is 11.9. The first-order valence-corrected chi connectivity index (χ1v) is 4.95. The number of allylic oxidation sites excluding steroid dienone is 1. The van der Waals surface area contributed by atoms with E-state index in [4.69, 9.17) is 9.84 Å². The SMILES string of the molecule is CC1(CO)C=CC(OCC(F)F)=CC1[N+](=O)[O-]. The third-order valence-corrected chi connectivity index (χ3v) is 2.57. The zero-order chi connectivity index (χ0) is 13.1. The molecule has 0 saturated heterocycles. The molecule has 1 aliphatic rings. The molecule has 1 rings (SSSR count). The van der Waals surface area contributed by atoms with E-state index in [1.54, 1.807) is 0 Å². The van der Waals surface area contributed by atoms with Gasteiger partial charge in [0.15, 0.2) is 0 Å². The van der Waals surface area contributed by atoms with E-state index in [0.717, 1.165) is 6.08 Å². The van der Waals surface area contributed by atoms with Crippen molar-refractivity contribution in [1.29, 1.82) is 0 Å². The zero-order valence-corrected chi connectivity index (χ0v) is 9.18. The lowest BCUT2D eigenvalue weighted by Crippen LogP contribution is -2.40. The second-order valence-electron chi connectivity index (χ2n) is 4.00. The van der Waals surface area contributed by atoms with E-state index in [-0.39, 0.29) is 5.76 Å². The summed E-state index contributed by atoms with van der Waals surface area (Å²) in [6, 6.07) is -1.19. The molecule has 1 N–H and O–H groups in total. The van der Waals surface area contributed by atoms with Gasteiger partial charge in [-0.05, 0) is 13.0 Å². The third kappa shape index (κ3) is 3.23. The molecule has 0 aromatic carbocycles. The van der Waals surface area contributed by atoms with Gasteiger partial charge in [0.1, 0.15) is 12.4 Å². The lowest BCUT2D eigenvalue weighted by Gasteiger charge is -2.28. The summed E-state index contributed by atoms with van der Waals surface area (Å²) >= 11 is 0. The average molecular weight is 249 g/mol. The molecule has 0 aliphatic heterocycles. The Morgan fingerprint density at radius 2 is 2.35 bits per heavy atom. The highest BCUT2D eigenvalue weighted by atomic mass is 19.3. The van der Waals surface area contributed by atoms with Crippen molar-refractivity contribution in [1.82, 2.24) is 0 Å². The number of nitrogens with zero attached hydrogens (tertiary/aromatic N) is 1. The topological polar surface area (TPSA) is 72.6 Å². The smallest absolute Gasteiger partial charge is 0.272 e. The first-order valence-electron chi connectivity index (χ1n) is 4.95. The van der Waals surface area contributed by atoms with Crippen LogP contribution in [0.15, 0.2) is 24.0 Å². The predicted molar refractivity (Wildman–Crippen MR) is 55.2 cm³/mol. The summed E-state index contributed by atoms with van der Waals surface area (Å²) in [5.41, 5.74) is -1.04. The van der Waals surface area contributed by atoms with Crippen LogP contribution in [0.2, 0.25) is 0 Å². The standard InChI is InChI=1S/C10H13F2NO4/c1-10(6-14)3-2-7(17-5-9(11)12)4-8(10)13(15)16/h2-4,8-9,14H,5-6H2,1H3. The molecule has 17 heavy (non-hydrogen) atoms. The predicted octanol–water partition coefficient (Wildman–Crippen LogP) is 1.37. The van der Waals surface area contributed by atoms with Gasteiger partial charge in [0.05, 0.1) is 12.0 Å². The molecular weight excluding hydrogens is 236 g/mol. The van der Waals surface area contributed by atoms with Crippen molar-refractivity contribution in [2.45, 2.75) is 19.4 Å². The molecule has 0 fully saturated rings. The number of rotatable bonds is 5. The Morgan fingerprint density at radius 3 is 2.82 bits per heavy atom. The van der Waals surface area contributed by atoms with Crippen molar-refractivity contribution < 1.29 is 23.5 Å². The highest BCUT2D eigenvalue weighted by molar-refractivity contribution is 5.25. The number of alkyl halides is 2. The van der Waals surface area contributed by atoms with Gasteiger partial charge >= 0.3 is 0 Å². The van der Waals surface area contributed by atoms with E-state index in [1.165, 1.54) is 19.1 Å². The highest BCUT2D eigenvalue weighted by Gasteiger charge is 2.41. The second-order valence-corrected chi connectivity index (χ2v) is 4.00. The molecule has 0 amide bonds. The fraction of sp³-hybridized carbons (Fsp3) is 0.600. The van der Waals surface area contributed by atoms with Crippen LogP contribution in [0.1, 0.15) is 6.92 Å². The van der Waals surface area contributed by atoms with Crippen LogP contribution >= 0.6 is 0 Å². The Morgan fingerprint density at radius 1 is 1.71 bits per heavy atom. The van der Waals surface area contributed by atoms with E-state index in [2.05, 4.69) is 0 Å². The van der Waals surface area contributed by atoms with E-state index in [1.807, 2.05) is 0 Å². The van der Waals surface area contributed by atoms with Gasteiger partial charge in [-0.1, -0.05) is 6.08 Å². The number of nitro groups is 1. The fourth-order valence-corrected chi connectivity index (χ4v) is 1.48. The van der Waals surface area contributed by atoms with Gasteiger partial charge in [-0.2, -0.15) is 0 Å². The Balaban J connectivity index is 2.81. The average Bonchev–Trinajstić information content (AvgIpc) is 2.27. The molecule has 2 atom stereocenters. The van der Waals surface area contributed by atoms with Crippen LogP contribution in [0.4, 0.5) is 8.78 Å². The molecule has 5 nitrogen and oxygen atoms in total.